The molecule has 0 aliphatic heterocycles. The number of pyridine rings is 1. The van der Waals surface area contributed by atoms with Gasteiger partial charge in [0.2, 0.25) is 0 Å². The number of hydrogen-bond acceptors (Lipinski definition) is 1. The quantitative estimate of drug-likeness (QED) is 0.504. The molecule has 0 N–H and O–H groups in total. The number of hydrogen-bond donors (Lipinski definition) is 0. The smallest absolute Gasteiger partial charge is 0.231 e. The fourth-order valence-corrected chi connectivity index (χ4v) is 1.03. The van der Waals surface area contributed by atoms with Crippen molar-refractivity contribution in [3.63, 3.8) is 0 Å². The first kappa shape index (κ1) is 12.1. The molecule has 0 atom stereocenters. The Morgan fingerprint density at radius 2 is 1.47 bits per heavy atom. The topological polar surface area (TPSA) is 12.9 Å². The summed E-state index contributed by atoms with van der Waals surface area (Å²) in [6, 6.07) is 0.901. The molecule has 8 heteroatoms. The Morgan fingerprint density at radius 1 is 0.933 bits per heavy atom. The fourth-order valence-electron chi connectivity index (χ4n) is 0.880. The van der Waals surface area contributed by atoms with Crippen molar-refractivity contribution in [1.29, 1.82) is 0 Å². The highest BCUT2D eigenvalue weighted by Crippen LogP contribution is 2.39. The van der Waals surface area contributed by atoms with Crippen molar-refractivity contribution in [1.82, 2.24) is 4.98 Å². The minimum absolute atomic E-state index is 0.248. The summed E-state index contributed by atoms with van der Waals surface area (Å²) < 4.78 is 72.8. The second-order valence-corrected chi connectivity index (χ2v) is 2.91. The largest absolute Gasteiger partial charge is 0.434 e. The number of alkyl halides is 6. The molecule has 1 aromatic heterocycles. The van der Waals surface area contributed by atoms with Gasteiger partial charge in [-0.1, -0.05) is 11.6 Å². The van der Waals surface area contributed by atoms with E-state index in [1.54, 1.807) is 0 Å². The molecule has 0 spiro atoms. The lowest BCUT2D eigenvalue weighted by Crippen LogP contribution is -2.18. The standard InChI is InChI=1S/C7H2ClF6N/c8-4-2-1-3(6(9,10)11)5(15-4)7(12,13)14/h1-2H. The maximum Gasteiger partial charge on any atom is 0.434 e. The molecule has 84 valence electrons. The molecule has 0 aromatic carbocycles. The Morgan fingerprint density at radius 3 is 1.87 bits per heavy atom. The highest BCUT2D eigenvalue weighted by Gasteiger charge is 2.44. The van der Waals surface area contributed by atoms with Crippen molar-refractivity contribution in [3.8, 4) is 0 Å². The zero-order valence-corrected chi connectivity index (χ0v) is 7.50. The van der Waals surface area contributed by atoms with Crippen LogP contribution in [0.4, 0.5) is 26.3 Å². The van der Waals surface area contributed by atoms with Crippen LogP contribution >= 0.6 is 11.6 Å². The van der Waals surface area contributed by atoms with Gasteiger partial charge < -0.3 is 0 Å². The Balaban J connectivity index is 3.41. The number of aromatic nitrogens is 1. The fraction of sp³-hybridized carbons (Fsp3) is 0.286. The summed E-state index contributed by atoms with van der Waals surface area (Å²) in [6.45, 7) is 0. The number of halogens is 7. The van der Waals surface area contributed by atoms with Gasteiger partial charge in [-0.25, -0.2) is 4.98 Å². The molecule has 0 radical (unpaired) electrons. The Labute approximate surface area is 84.7 Å². The lowest BCUT2D eigenvalue weighted by molar-refractivity contribution is -0.164. The van der Waals surface area contributed by atoms with E-state index in [4.69, 9.17) is 11.6 Å². The summed E-state index contributed by atoms with van der Waals surface area (Å²) in [5.74, 6) is 0. The molecule has 0 aliphatic carbocycles. The molecular formula is C7H2ClF6N. The van der Waals surface area contributed by atoms with Crippen LogP contribution in [0, 0.1) is 0 Å². The molecule has 0 saturated heterocycles. The van der Waals surface area contributed by atoms with Crippen molar-refractivity contribution in [2.24, 2.45) is 0 Å². The maximum atomic E-state index is 12.1. The minimum Gasteiger partial charge on any atom is -0.231 e. The molecule has 0 unspecified atom stereocenters. The van der Waals surface area contributed by atoms with E-state index in [1.165, 1.54) is 0 Å². The van der Waals surface area contributed by atoms with Crippen molar-refractivity contribution in [3.05, 3.63) is 28.5 Å². The van der Waals surface area contributed by atoms with E-state index in [0.717, 1.165) is 0 Å². The van der Waals surface area contributed by atoms with Gasteiger partial charge >= 0.3 is 12.4 Å². The average Bonchev–Trinajstić information content (AvgIpc) is 2.00. The summed E-state index contributed by atoms with van der Waals surface area (Å²) in [6.07, 6.45) is -10.3. The Kier molecular flexibility index (Phi) is 2.86. The van der Waals surface area contributed by atoms with Gasteiger partial charge in [0.15, 0.2) is 5.69 Å². The first-order chi connectivity index (χ1) is 6.62. The zero-order valence-electron chi connectivity index (χ0n) is 6.75. The van der Waals surface area contributed by atoms with Gasteiger partial charge in [-0.3, -0.25) is 0 Å². The van der Waals surface area contributed by atoms with Crippen LogP contribution in [0.25, 0.3) is 0 Å². The molecule has 0 bridgehead atoms. The third-order valence-electron chi connectivity index (χ3n) is 1.44. The van der Waals surface area contributed by atoms with Crippen molar-refractivity contribution < 1.29 is 26.3 Å². The number of nitrogens with zero attached hydrogens (tertiary/aromatic N) is 1. The molecule has 0 aliphatic rings. The molecule has 1 aromatic rings. The van der Waals surface area contributed by atoms with E-state index >= 15 is 0 Å². The highest BCUT2D eigenvalue weighted by molar-refractivity contribution is 6.29. The third kappa shape index (κ3) is 2.74. The van der Waals surface area contributed by atoms with Crippen LogP contribution in [0.1, 0.15) is 11.3 Å². The molecule has 15 heavy (non-hydrogen) atoms. The molecule has 1 nitrogen and oxygen atoms in total. The predicted octanol–water partition coefficient (Wildman–Crippen LogP) is 3.77. The van der Waals surface area contributed by atoms with Crippen LogP contribution in [-0.2, 0) is 12.4 Å². The normalized spacial score (nSPS) is 13.0. The summed E-state index contributed by atoms with van der Waals surface area (Å²) >= 11 is 5.09. The zero-order chi connectivity index (χ0) is 11.9. The van der Waals surface area contributed by atoms with Crippen LogP contribution < -0.4 is 0 Å². The summed E-state index contributed by atoms with van der Waals surface area (Å²) in [4.78, 5) is 2.63. The van der Waals surface area contributed by atoms with Crippen LogP contribution in [0.2, 0.25) is 5.15 Å². The molecule has 0 fully saturated rings. The first-order valence-corrected chi connectivity index (χ1v) is 3.81. The van der Waals surface area contributed by atoms with Crippen LogP contribution in [0.3, 0.4) is 0 Å². The van der Waals surface area contributed by atoms with E-state index in [1.807, 2.05) is 0 Å². The van der Waals surface area contributed by atoms with Gasteiger partial charge in [0.1, 0.15) is 5.15 Å². The minimum atomic E-state index is -5.18. The number of rotatable bonds is 0. The lowest BCUT2D eigenvalue weighted by atomic mass is 10.2. The van der Waals surface area contributed by atoms with E-state index in [9.17, 15) is 26.3 Å². The van der Waals surface area contributed by atoms with E-state index < -0.39 is 28.8 Å². The van der Waals surface area contributed by atoms with Crippen LogP contribution in [0.5, 0.6) is 0 Å². The SMILES string of the molecule is FC(F)(F)c1ccc(Cl)nc1C(F)(F)F. The van der Waals surface area contributed by atoms with Crippen LogP contribution in [0.15, 0.2) is 12.1 Å². The highest BCUT2D eigenvalue weighted by atomic mass is 35.5. The van der Waals surface area contributed by atoms with Gasteiger partial charge in [0.25, 0.3) is 0 Å². The maximum absolute atomic E-state index is 12.1. The average molecular weight is 250 g/mol. The van der Waals surface area contributed by atoms with Gasteiger partial charge in [-0.2, -0.15) is 26.3 Å². The van der Waals surface area contributed by atoms with E-state index in [2.05, 4.69) is 4.98 Å². The Bertz CT molecular complexity index is 369. The van der Waals surface area contributed by atoms with Gasteiger partial charge in [-0.05, 0) is 12.1 Å². The van der Waals surface area contributed by atoms with E-state index in [0.29, 0.717) is 6.07 Å². The molecule has 1 rings (SSSR count). The second kappa shape index (κ2) is 3.55. The lowest BCUT2D eigenvalue weighted by Gasteiger charge is -2.13. The predicted molar refractivity (Wildman–Crippen MR) is 39.3 cm³/mol. The van der Waals surface area contributed by atoms with E-state index in [-0.39, 0.29) is 6.07 Å². The van der Waals surface area contributed by atoms with Crippen LogP contribution in [-0.4, -0.2) is 4.98 Å². The summed E-state index contributed by atoms with van der Waals surface area (Å²) in [5.41, 5.74) is -3.87. The van der Waals surface area contributed by atoms with Gasteiger partial charge in [0, 0.05) is 0 Å². The Hall–Kier alpha value is -0.980. The summed E-state index contributed by atoms with van der Waals surface area (Å²) in [5, 5.41) is -0.643. The molecule has 1 heterocycles. The summed E-state index contributed by atoms with van der Waals surface area (Å²) in [7, 11) is 0. The first-order valence-electron chi connectivity index (χ1n) is 3.43. The van der Waals surface area contributed by atoms with Gasteiger partial charge in [-0.15, -0.1) is 0 Å². The third-order valence-corrected chi connectivity index (χ3v) is 1.65. The molecular weight excluding hydrogens is 248 g/mol. The van der Waals surface area contributed by atoms with Crippen molar-refractivity contribution in [2.75, 3.05) is 0 Å². The van der Waals surface area contributed by atoms with Gasteiger partial charge in [0.05, 0.1) is 5.56 Å². The second-order valence-electron chi connectivity index (χ2n) is 2.53. The van der Waals surface area contributed by atoms with Crippen molar-refractivity contribution in [2.45, 2.75) is 12.4 Å². The molecule has 0 saturated carbocycles. The molecule has 0 amide bonds. The van der Waals surface area contributed by atoms with Crippen molar-refractivity contribution >= 4 is 11.6 Å². The monoisotopic (exact) mass is 249 g/mol.